The number of hydrogen-bond donors (Lipinski definition) is 4. The molecule has 9 nitrogen and oxygen atoms in total. The summed E-state index contributed by atoms with van der Waals surface area (Å²) in [7, 11) is 0. The van der Waals surface area contributed by atoms with Gasteiger partial charge in [-0.15, -0.1) is 10.2 Å². The van der Waals surface area contributed by atoms with Crippen molar-refractivity contribution in [1.82, 2.24) is 15.3 Å². The van der Waals surface area contributed by atoms with Crippen molar-refractivity contribution >= 4 is 17.4 Å². The van der Waals surface area contributed by atoms with Crippen molar-refractivity contribution in [2.24, 2.45) is 32.4 Å². The number of aliphatic imine (C=N–C) groups is 1. The maximum Gasteiger partial charge on any atom is 0.305 e. The number of azo groups is 1. The van der Waals surface area contributed by atoms with Gasteiger partial charge in [-0.1, -0.05) is 30.3 Å². The minimum atomic E-state index is -1.61. The van der Waals surface area contributed by atoms with Crippen molar-refractivity contribution in [3.05, 3.63) is 60.2 Å². The van der Waals surface area contributed by atoms with Crippen molar-refractivity contribution < 1.29 is 0 Å². The van der Waals surface area contributed by atoms with Crippen LogP contribution in [-0.4, -0.2) is 21.7 Å². The van der Waals surface area contributed by atoms with Crippen LogP contribution in [0.4, 0.5) is 5.95 Å². The number of nitrogens with one attached hydrogen (secondary N) is 1. The molecule has 1 aromatic carbocycles. The van der Waals surface area contributed by atoms with Crippen LogP contribution < -0.4 is 22.5 Å². The number of rotatable bonds is 3. The molecule has 116 valence electrons. The molecule has 1 aromatic heterocycles. The highest BCUT2D eigenvalue weighted by Crippen LogP contribution is 2.22. The van der Waals surface area contributed by atoms with Gasteiger partial charge in [-0.2, -0.15) is 0 Å². The summed E-state index contributed by atoms with van der Waals surface area (Å²) in [5.41, 5.74) is 19.5. The fourth-order valence-electron chi connectivity index (χ4n) is 2.09. The molecule has 1 unspecified atom stereocenters. The van der Waals surface area contributed by atoms with Gasteiger partial charge in [0.15, 0.2) is 0 Å². The monoisotopic (exact) mass is 309 g/mol. The molecule has 0 spiro atoms. The fourth-order valence-corrected chi connectivity index (χ4v) is 2.09. The quantitative estimate of drug-likeness (QED) is 0.602. The van der Waals surface area contributed by atoms with Crippen molar-refractivity contribution in [2.45, 2.75) is 5.91 Å². The average Bonchev–Trinajstić information content (AvgIpc) is 2.54. The Bertz CT molecular complexity index is 782. The number of amidine groups is 1. The van der Waals surface area contributed by atoms with Crippen LogP contribution in [-0.2, 0) is 0 Å². The third-order valence-electron chi connectivity index (χ3n) is 3.04. The van der Waals surface area contributed by atoms with Crippen LogP contribution in [0.2, 0.25) is 0 Å². The molecule has 7 N–H and O–H groups in total. The lowest BCUT2D eigenvalue weighted by molar-refractivity contribution is 0.379. The van der Waals surface area contributed by atoms with Gasteiger partial charge in [0.2, 0.25) is 0 Å². The number of hydrogen-bond acceptors (Lipinski definition) is 9. The molecular formula is C14H15N9. The van der Waals surface area contributed by atoms with Crippen LogP contribution in [0.15, 0.2) is 69.8 Å². The summed E-state index contributed by atoms with van der Waals surface area (Å²) >= 11 is 0. The molecule has 2 heterocycles. The Morgan fingerprint density at radius 1 is 1.00 bits per heavy atom. The highest BCUT2D eigenvalue weighted by Gasteiger charge is 2.31. The molecule has 3 rings (SSSR count). The van der Waals surface area contributed by atoms with Gasteiger partial charge in [0, 0.05) is 12.4 Å². The van der Waals surface area contributed by atoms with Crippen molar-refractivity contribution in [3.8, 4) is 0 Å². The minimum absolute atomic E-state index is 0.157. The van der Waals surface area contributed by atoms with E-state index in [-0.39, 0.29) is 17.6 Å². The Kier molecular flexibility index (Phi) is 3.69. The van der Waals surface area contributed by atoms with Gasteiger partial charge in [-0.25, -0.2) is 15.0 Å². The van der Waals surface area contributed by atoms with E-state index in [1.165, 1.54) is 12.4 Å². The van der Waals surface area contributed by atoms with Gasteiger partial charge in [0.05, 0.1) is 5.57 Å². The molecule has 1 aliphatic heterocycles. The van der Waals surface area contributed by atoms with E-state index in [0.717, 1.165) is 5.56 Å². The average molecular weight is 309 g/mol. The lowest BCUT2D eigenvalue weighted by atomic mass is 10.0. The molecule has 0 aliphatic carbocycles. The summed E-state index contributed by atoms with van der Waals surface area (Å²) < 4.78 is 0. The van der Waals surface area contributed by atoms with Crippen LogP contribution in [0.1, 0.15) is 5.56 Å². The van der Waals surface area contributed by atoms with Gasteiger partial charge < -0.3 is 16.8 Å². The fraction of sp³-hybridized carbons (Fsp3) is 0.0714. The largest absolute Gasteiger partial charge is 0.385 e. The number of nitrogens with two attached hydrogens (primary N) is 3. The van der Waals surface area contributed by atoms with Crippen molar-refractivity contribution in [1.29, 1.82) is 0 Å². The molecule has 1 aliphatic rings. The maximum atomic E-state index is 6.04. The first kappa shape index (κ1) is 14.6. The second kappa shape index (κ2) is 5.81. The summed E-state index contributed by atoms with van der Waals surface area (Å²) in [6.07, 6.45) is 3.08. The highest BCUT2D eigenvalue weighted by molar-refractivity contribution is 6.23. The standard InChI is InChI=1S/C14H15N9/c15-11-10(9-5-2-1-3-6-9)12(16)21-14(17,20-11)23-22-13-18-7-4-8-19-13/h1-8,20H,15,17H2,(H2,16,21). The SMILES string of the molecule is NC1=NC(N)(N=Nc2ncccn2)NC(N)=C1c1ccccc1. The molecule has 0 radical (unpaired) electrons. The lowest BCUT2D eigenvalue weighted by Gasteiger charge is -2.28. The summed E-state index contributed by atoms with van der Waals surface area (Å²) in [5.74, 6) is -1.02. The van der Waals surface area contributed by atoms with Crippen molar-refractivity contribution in [2.75, 3.05) is 0 Å². The van der Waals surface area contributed by atoms with Crippen LogP contribution in [0.5, 0.6) is 0 Å². The van der Waals surface area contributed by atoms with Gasteiger partial charge in [-0.3, -0.25) is 5.73 Å². The second-order valence-corrected chi connectivity index (χ2v) is 4.75. The van der Waals surface area contributed by atoms with Crippen LogP contribution in [0.3, 0.4) is 0 Å². The molecule has 0 bridgehead atoms. The zero-order chi connectivity index (χ0) is 16.3. The smallest absolute Gasteiger partial charge is 0.305 e. The minimum Gasteiger partial charge on any atom is -0.385 e. The molecule has 9 heteroatoms. The van der Waals surface area contributed by atoms with Crippen LogP contribution in [0.25, 0.3) is 5.57 Å². The summed E-state index contributed by atoms with van der Waals surface area (Å²) in [6.45, 7) is 0. The second-order valence-electron chi connectivity index (χ2n) is 4.75. The van der Waals surface area contributed by atoms with E-state index in [2.05, 4.69) is 30.5 Å². The molecule has 2 aromatic rings. The highest BCUT2D eigenvalue weighted by atomic mass is 15.5. The van der Waals surface area contributed by atoms with E-state index < -0.39 is 5.91 Å². The molecule has 1 atom stereocenters. The number of nitrogens with zero attached hydrogens (tertiary/aromatic N) is 5. The van der Waals surface area contributed by atoms with E-state index >= 15 is 0 Å². The summed E-state index contributed by atoms with van der Waals surface area (Å²) in [5, 5.41) is 10.5. The Labute approximate surface area is 132 Å². The van der Waals surface area contributed by atoms with Crippen LogP contribution in [0, 0.1) is 0 Å². The lowest BCUT2D eigenvalue weighted by Crippen LogP contribution is -2.55. The Balaban J connectivity index is 1.89. The van der Waals surface area contributed by atoms with E-state index in [1.807, 2.05) is 30.3 Å². The predicted molar refractivity (Wildman–Crippen MR) is 85.8 cm³/mol. The van der Waals surface area contributed by atoms with Gasteiger partial charge in [0.1, 0.15) is 11.7 Å². The summed E-state index contributed by atoms with van der Waals surface area (Å²) in [6, 6.07) is 11.0. The van der Waals surface area contributed by atoms with E-state index in [1.54, 1.807) is 6.07 Å². The van der Waals surface area contributed by atoms with Gasteiger partial charge in [-0.05, 0) is 11.6 Å². The van der Waals surface area contributed by atoms with Crippen molar-refractivity contribution in [3.63, 3.8) is 0 Å². The van der Waals surface area contributed by atoms with Gasteiger partial charge >= 0.3 is 5.91 Å². The first-order valence-corrected chi connectivity index (χ1v) is 6.75. The first-order chi connectivity index (χ1) is 11.1. The normalized spacial score (nSPS) is 21.2. The molecule has 23 heavy (non-hydrogen) atoms. The Morgan fingerprint density at radius 2 is 1.70 bits per heavy atom. The Hall–Kier alpha value is -3.33. The number of benzene rings is 1. The molecule has 0 saturated heterocycles. The van der Waals surface area contributed by atoms with Crippen LogP contribution >= 0.6 is 0 Å². The van der Waals surface area contributed by atoms with E-state index in [9.17, 15) is 0 Å². The topological polar surface area (TPSA) is 153 Å². The van der Waals surface area contributed by atoms with Gasteiger partial charge in [0.25, 0.3) is 5.95 Å². The molecule has 0 amide bonds. The third-order valence-corrected chi connectivity index (χ3v) is 3.04. The zero-order valence-electron chi connectivity index (χ0n) is 12.1. The van der Waals surface area contributed by atoms with E-state index in [4.69, 9.17) is 17.2 Å². The molecular weight excluding hydrogens is 294 g/mol. The molecule has 0 fully saturated rings. The zero-order valence-corrected chi connectivity index (χ0v) is 12.1. The first-order valence-electron chi connectivity index (χ1n) is 6.75. The number of aromatic nitrogens is 2. The maximum absolute atomic E-state index is 6.04. The summed E-state index contributed by atoms with van der Waals surface area (Å²) in [4.78, 5) is 12.0. The molecule has 0 saturated carbocycles. The third kappa shape index (κ3) is 3.14. The Morgan fingerprint density at radius 3 is 2.35 bits per heavy atom. The van der Waals surface area contributed by atoms with E-state index in [0.29, 0.717) is 5.57 Å². The predicted octanol–water partition coefficient (Wildman–Crippen LogP) is 0.418.